The maximum atomic E-state index is 3.87. The minimum atomic E-state index is 0.489. The highest BCUT2D eigenvalue weighted by atomic mass is 32.2. The molecule has 0 amide bonds. The Hall–Kier alpha value is 0.310. The lowest BCUT2D eigenvalue weighted by Crippen LogP contribution is -2.49. The Morgan fingerprint density at radius 3 is 2.71 bits per heavy atom. The van der Waals surface area contributed by atoms with Crippen LogP contribution in [0, 0.1) is 5.41 Å². The van der Waals surface area contributed by atoms with E-state index in [-0.39, 0.29) is 0 Å². The summed E-state index contributed by atoms with van der Waals surface area (Å²) in [6.45, 7) is 9.49. The average Bonchev–Trinajstić information content (AvgIpc) is 2.27. The zero-order valence-corrected chi connectivity index (χ0v) is 13.0. The molecular formula is C15H31NS. The van der Waals surface area contributed by atoms with E-state index in [0.29, 0.717) is 17.5 Å². The molecule has 0 radical (unpaired) electrons. The summed E-state index contributed by atoms with van der Waals surface area (Å²) in [6.07, 6.45) is 8.24. The lowest BCUT2D eigenvalue weighted by Gasteiger charge is -2.40. The molecule has 0 aromatic heterocycles. The molecule has 0 aliphatic carbocycles. The molecule has 2 heteroatoms. The van der Waals surface area contributed by atoms with E-state index in [2.05, 4.69) is 44.8 Å². The Morgan fingerprint density at radius 2 is 2.06 bits per heavy atom. The number of unbranched alkanes of at least 4 members (excludes halogenated alkanes) is 3. The lowest BCUT2D eigenvalue weighted by atomic mass is 9.82. The summed E-state index contributed by atoms with van der Waals surface area (Å²) in [6, 6.07) is 1.40. The van der Waals surface area contributed by atoms with Gasteiger partial charge in [-0.15, -0.1) is 0 Å². The minimum Gasteiger partial charge on any atom is -0.310 e. The minimum absolute atomic E-state index is 0.489. The van der Waals surface area contributed by atoms with E-state index in [1.54, 1.807) is 0 Å². The van der Waals surface area contributed by atoms with Crippen molar-refractivity contribution in [3.05, 3.63) is 0 Å². The molecule has 0 bridgehead atoms. The summed E-state index contributed by atoms with van der Waals surface area (Å²) < 4.78 is 0. The quantitative estimate of drug-likeness (QED) is 0.676. The molecule has 1 N–H and O–H groups in total. The predicted molar refractivity (Wildman–Crippen MR) is 80.9 cm³/mol. The van der Waals surface area contributed by atoms with Crippen LogP contribution in [0.1, 0.15) is 66.2 Å². The van der Waals surface area contributed by atoms with Crippen LogP contribution in [-0.4, -0.2) is 23.6 Å². The van der Waals surface area contributed by atoms with Crippen molar-refractivity contribution in [3.63, 3.8) is 0 Å². The van der Waals surface area contributed by atoms with Gasteiger partial charge in [-0.2, -0.15) is 11.8 Å². The number of hydrogen-bond acceptors (Lipinski definition) is 2. The molecule has 1 nitrogen and oxygen atoms in total. The molecule has 1 saturated heterocycles. The normalized spacial score (nSPS) is 25.8. The van der Waals surface area contributed by atoms with Crippen LogP contribution < -0.4 is 5.32 Å². The van der Waals surface area contributed by atoms with Gasteiger partial charge in [0.1, 0.15) is 0 Å². The molecule has 1 heterocycles. The third-order valence-corrected chi connectivity index (χ3v) is 5.16. The summed E-state index contributed by atoms with van der Waals surface area (Å²) in [5.74, 6) is 2.64. The fourth-order valence-corrected chi connectivity index (χ4v) is 4.13. The molecule has 0 aromatic carbocycles. The molecule has 2 atom stereocenters. The Bertz CT molecular complexity index is 203. The van der Waals surface area contributed by atoms with Crippen molar-refractivity contribution in [2.75, 3.05) is 11.5 Å². The summed E-state index contributed by atoms with van der Waals surface area (Å²) in [7, 11) is 0. The molecule has 0 aromatic rings. The molecule has 0 spiro atoms. The number of rotatable bonds is 7. The van der Waals surface area contributed by atoms with Crippen LogP contribution >= 0.6 is 11.8 Å². The van der Waals surface area contributed by atoms with Crippen molar-refractivity contribution >= 4 is 11.8 Å². The topological polar surface area (TPSA) is 12.0 Å². The van der Waals surface area contributed by atoms with Gasteiger partial charge in [-0.3, -0.25) is 0 Å². The van der Waals surface area contributed by atoms with Gasteiger partial charge in [0.25, 0.3) is 0 Å². The zero-order chi connectivity index (χ0) is 12.7. The maximum Gasteiger partial charge on any atom is 0.0212 e. The van der Waals surface area contributed by atoms with Crippen molar-refractivity contribution in [1.82, 2.24) is 5.32 Å². The number of hydrogen-bond donors (Lipinski definition) is 1. The zero-order valence-electron chi connectivity index (χ0n) is 12.2. The van der Waals surface area contributed by atoms with Crippen LogP contribution in [0.3, 0.4) is 0 Å². The van der Waals surface area contributed by atoms with Crippen LogP contribution in [0.5, 0.6) is 0 Å². The Balaban J connectivity index is 2.22. The van der Waals surface area contributed by atoms with Crippen LogP contribution in [0.4, 0.5) is 0 Å². The molecular weight excluding hydrogens is 226 g/mol. The Morgan fingerprint density at radius 1 is 1.29 bits per heavy atom. The molecule has 0 saturated carbocycles. The van der Waals surface area contributed by atoms with Gasteiger partial charge < -0.3 is 5.32 Å². The first kappa shape index (κ1) is 15.4. The van der Waals surface area contributed by atoms with Crippen molar-refractivity contribution in [2.24, 2.45) is 5.41 Å². The van der Waals surface area contributed by atoms with E-state index in [9.17, 15) is 0 Å². The van der Waals surface area contributed by atoms with Gasteiger partial charge in [0.05, 0.1) is 0 Å². The van der Waals surface area contributed by atoms with E-state index in [4.69, 9.17) is 0 Å². The number of thioether (sulfide) groups is 1. The van der Waals surface area contributed by atoms with Crippen LogP contribution in [0.15, 0.2) is 0 Å². The van der Waals surface area contributed by atoms with Gasteiger partial charge in [0.15, 0.2) is 0 Å². The highest BCUT2D eigenvalue weighted by molar-refractivity contribution is 7.99. The second kappa shape index (κ2) is 7.68. The Kier molecular flexibility index (Phi) is 6.94. The van der Waals surface area contributed by atoms with E-state index < -0.39 is 0 Å². The molecule has 102 valence electrons. The second-order valence-corrected chi connectivity index (χ2v) is 7.43. The van der Waals surface area contributed by atoms with E-state index in [0.717, 1.165) is 0 Å². The molecule has 1 aliphatic heterocycles. The predicted octanol–water partition coefficient (Wildman–Crippen LogP) is 4.47. The second-order valence-electron chi connectivity index (χ2n) is 6.28. The van der Waals surface area contributed by atoms with Crippen LogP contribution in [-0.2, 0) is 0 Å². The third-order valence-electron chi connectivity index (χ3n) is 4.09. The molecule has 1 aliphatic rings. The average molecular weight is 257 g/mol. The van der Waals surface area contributed by atoms with Gasteiger partial charge in [-0.25, -0.2) is 0 Å². The number of nitrogens with one attached hydrogen (secondary N) is 1. The van der Waals surface area contributed by atoms with Gasteiger partial charge in [0.2, 0.25) is 0 Å². The lowest BCUT2D eigenvalue weighted by molar-refractivity contribution is 0.227. The largest absolute Gasteiger partial charge is 0.310 e. The first-order valence-electron chi connectivity index (χ1n) is 7.40. The van der Waals surface area contributed by atoms with Gasteiger partial charge in [0, 0.05) is 17.8 Å². The van der Waals surface area contributed by atoms with E-state index >= 15 is 0 Å². The van der Waals surface area contributed by atoms with Gasteiger partial charge >= 0.3 is 0 Å². The third kappa shape index (κ3) is 5.65. The van der Waals surface area contributed by atoms with Gasteiger partial charge in [-0.1, -0.05) is 46.5 Å². The highest BCUT2D eigenvalue weighted by Crippen LogP contribution is 2.34. The van der Waals surface area contributed by atoms with Gasteiger partial charge in [-0.05, 0) is 30.9 Å². The SMILES string of the molecule is CCCCCCC(C)NC1CSCCC1(C)C. The fraction of sp³-hybridized carbons (Fsp3) is 1.00. The molecule has 2 unspecified atom stereocenters. The molecule has 1 fully saturated rings. The summed E-state index contributed by atoms with van der Waals surface area (Å²) in [5.41, 5.74) is 0.489. The molecule has 1 rings (SSSR count). The fourth-order valence-electron chi connectivity index (χ4n) is 2.51. The molecule has 17 heavy (non-hydrogen) atoms. The maximum absolute atomic E-state index is 3.87. The summed E-state index contributed by atoms with van der Waals surface area (Å²) >= 11 is 2.12. The first-order valence-corrected chi connectivity index (χ1v) is 8.55. The van der Waals surface area contributed by atoms with Crippen LogP contribution in [0.25, 0.3) is 0 Å². The van der Waals surface area contributed by atoms with E-state index in [1.165, 1.54) is 50.0 Å². The van der Waals surface area contributed by atoms with Crippen molar-refractivity contribution in [1.29, 1.82) is 0 Å². The standard InChI is InChI=1S/C15H31NS/c1-5-6-7-8-9-13(2)16-14-12-17-11-10-15(14,3)4/h13-14,16H,5-12H2,1-4H3. The first-order chi connectivity index (χ1) is 8.06. The monoisotopic (exact) mass is 257 g/mol. The van der Waals surface area contributed by atoms with Crippen molar-refractivity contribution in [3.8, 4) is 0 Å². The highest BCUT2D eigenvalue weighted by Gasteiger charge is 2.32. The van der Waals surface area contributed by atoms with Crippen molar-refractivity contribution < 1.29 is 0 Å². The summed E-state index contributed by atoms with van der Waals surface area (Å²) in [4.78, 5) is 0. The Labute approximate surface area is 113 Å². The summed E-state index contributed by atoms with van der Waals surface area (Å²) in [5, 5.41) is 3.87. The van der Waals surface area contributed by atoms with E-state index in [1.807, 2.05) is 0 Å². The van der Waals surface area contributed by atoms with Crippen LogP contribution in [0.2, 0.25) is 0 Å². The smallest absolute Gasteiger partial charge is 0.0212 e. The van der Waals surface area contributed by atoms with Crippen molar-refractivity contribution in [2.45, 2.75) is 78.3 Å².